The molecule has 0 spiro atoms. The number of likely N-dealkylation sites (N-methyl/N-ethyl adjacent to an activating group) is 1. The molecule has 0 bridgehead atoms. The molecule has 0 aromatic carbocycles. The summed E-state index contributed by atoms with van der Waals surface area (Å²) in [6.07, 6.45) is -2.64. The Balaban J connectivity index is 2.63. The van der Waals surface area contributed by atoms with Crippen LogP contribution in [-0.2, 0) is 0 Å². The summed E-state index contributed by atoms with van der Waals surface area (Å²) in [5, 5.41) is 30.8. The van der Waals surface area contributed by atoms with Crippen molar-refractivity contribution in [1.29, 1.82) is 0 Å². The second-order valence-electron chi connectivity index (χ2n) is 3.27. The topological polar surface area (TPSA) is 98.7 Å². The van der Waals surface area contributed by atoms with Gasteiger partial charge < -0.3 is 26.4 Å². The van der Waals surface area contributed by atoms with Gasteiger partial charge in [0, 0.05) is 12.1 Å². The van der Waals surface area contributed by atoms with Gasteiger partial charge in [-0.05, 0) is 13.5 Å². The van der Waals surface area contributed by atoms with E-state index < -0.39 is 24.4 Å². The first-order valence-electron chi connectivity index (χ1n) is 4.05. The van der Waals surface area contributed by atoms with Gasteiger partial charge in [0.1, 0.15) is 6.10 Å². The number of nitrogens with one attached hydrogen (secondary N) is 1. The van der Waals surface area contributed by atoms with Gasteiger partial charge in [0.25, 0.3) is 0 Å². The van der Waals surface area contributed by atoms with Crippen LogP contribution in [0.3, 0.4) is 0 Å². The highest BCUT2D eigenvalue weighted by atomic mass is 16.4. The highest BCUT2D eigenvalue weighted by molar-refractivity contribution is 4.97. The summed E-state index contributed by atoms with van der Waals surface area (Å²) in [7, 11) is 1.69. The standard InChI is InChI=1S/C7H16N2O3/c1-9-4-2-3(8)5(10)7(12)6(4)11/h3-7,9-12H,2,8H2,1H3/t3-,4-,5+,6-,7+/m0/s1. The van der Waals surface area contributed by atoms with Gasteiger partial charge in [0.2, 0.25) is 0 Å². The van der Waals surface area contributed by atoms with Gasteiger partial charge in [0.05, 0.1) is 12.2 Å². The highest BCUT2D eigenvalue weighted by Crippen LogP contribution is 2.18. The maximum Gasteiger partial charge on any atom is 0.109 e. The molecule has 1 fully saturated rings. The van der Waals surface area contributed by atoms with Gasteiger partial charge in [-0.2, -0.15) is 0 Å². The third-order valence-electron chi connectivity index (χ3n) is 2.45. The molecule has 0 heterocycles. The Morgan fingerprint density at radius 2 is 1.75 bits per heavy atom. The average Bonchev–Trinajstić information content (AvgIpc) is 2.08. The van der Waals surface area contributed by atoms with Gasteiger partial charge in [-0.3, -0.25) is 0 Å². The molecular formula is C7H16N2O3. The summed E-state index contributed by atoms with van der Waals surface area (Å²) in [5.41, 5.74) is 5.54. The van der Waals surface area contributed by atoms with Crippen molar-refractivity contribution in [3.8, 4) is 0 Å². The molecule has 72 valence electrons. The molecule has 1 aliphatic rings. The van der Waals surface area contributed by atoms with E-state index >= 15 is 0 Å². The maximum atomic E-state index is 9.40. The van der Waals surface area contributed by atoms with Crippen molar-refractivity contribution in [2.24, 2.45) is 5.73 Å². The van der Waals surface area contributed by atoms with E-state index in [9.17, 15) is 15.3 Å². The van der Waals surface area contributed by atoms with Crippen molar-refractivity contribution in [2.75, 3.05) is 7.05 Å². The van der Waals surface area contributed by atoms with Crippen LogP contribution in [0.4, 0.5) is 0 Å². The van der Waals surface area contributed by atoms with E-state index in [1.54, 1.807) is 7.05 Å². The molecule has 1 aliphatic carbocycles. The fourth-order valence-corrected chi connectivity index (χ4v) is 1.55. The summed E-state index contributed by atoms with van der Waals surface area (Å²) in [6.45, 7) is 0. The number of aliphatic hydroxyl groups is 3. The first-order chi connectivity index (χ1) is 5.57. The Kier molecular flexibility index (Phi) is 3.03. The van der Waals surface area contributed by atoms with E-state index in [-0.39, 0.29) is 6.04 Å². The van der Waals surface area contributed by atoms with Gasteiger partial charge in [-0.1, -0.05) is 0 Å². The highest BCUT2D eigenvalue weighted by Gasteiger charge is 2.40. The molecule has 1 rings (SSSR count). The van der Waals surface area contributed by atoms with Crippen molar-refractivity contribution < 1.29 is 15.3 Å². The summed E-state index contributed by atoms with van der Waals surface area (Å²) in [6, 6.07) is -0.709. The zero-order valence-electron chi connectivity index (χ0n) is 7.01. The van der Waals surface area contributed by atoms with Crippen molar-refractivity contribution in [3.63, 3.8) is 0 Å². The lowest BCUT2D eigenvalue weighted by Gasteiger charge is -2.38. The smallest absolute Gasteiger partial charge is 0.109 e. The minimum absolute atomic E-state index is 0.238. The van der Waals surface area contributed by atoms with E-state index in [1.807, 2.05) is 0 Å². The number of nitrogens with two attached hydrogens (primary N) is 1. The number of aliphatic hydroxyl groups excluding tert-OH is 3. The van der Waals surface area contributed by atoms with Gasteiger partial charge in [-0.15, -0.1) is 0 Å². The van der Waals surface area contributed by atoms with Crippen LogP contribution in [0.15, 0.2) is 0 Å². The summed E-state index contributed by atoms with van der Waals surface area (Å²) < 4.78 is 0. The molecule has 0 aliphatic heterocycles. The fraction of sp³-hybridized carbons (Fsp3) is 1.00. The quantitative estimate of drug-likeness (QED) is 0.301. The number of hydrogen-bond donors (Lipinski definition) is 5. The van der Waals surface area contributed by atoms with Crippen molar-refractivity contribution in [1.82, 2.24) is 5.32 Å². The van der Waals surface area contributed by atoms with Gasteiger partial charge >= 0.3 is 0 Å². The molecule has 0 radical (unpaired) electrons. The minimum atomic E-state index is -1.15. The first kappa shape index (κ1) is 9.88. The second-order valence-corrected chi connectivity index (χ2v) is 3.27. The molecule has 6 N–H and O–H groups in total. The van der Waals surface area contributed by atoms with Crippen LogP contribution in [0, 0.1) is 0 Å². The lowest BCUT2D eigenvalue weighted by molar-refractivity contribution is -0.105. The second kappa shape index (κ2) is 3.68. The third kappa shape index (κ3) is 1.60. The lowest BCUT2D eigenvalue weighted by Crippen LogP contribution is -2.61. The third-order valence-corrected chi connectivity index (χ3v) is 2.45. The van der Waals surface area contributed by atoms with Crippen molar-refractivity contribution in [3.05, 3.63) is 0 Å². The molecule has 1 saturated carbocycles. The average molecular weight is 176 g/mol. The molecule has 5 heteroatoms. The van der Waals surface area contributed by atoms with E-state index in [4.69, 9.17) is 5.73 Å². The van der Waals surface area contributed by atoms with Crippen LogP contribution in [0.25, 0.3) is 0 Å². The Hall–Kier alpha value is -0.200. The molecule has 0 amide bonds. The normalized spacial score (nSPS) is 49.2. The van der Waals surface area contributed by atoms with Crippen LogP contribution in [0.5, 0.6) is 0 Å². The molecule has 5 atom stereocenters. The van der Waals surface area contributed by atoms with Crippen molar-refractivity contribution in [2.45, 2.75) is 36.8 Å². The Morgan fingerprint density at radius 3 is 2.25 bits per heavy atom. The summed E-state index contributed by atoms with van der Waals surface area (Å²) in [4.78, 5) is 0. The SMILES string of the molecule is CN[C@H]1C[C@H](N)[C@@H](O)[C@@H](O)[C@H]1O. The Morgan fingerprint density at radius 1 is 1.17 bits per heavy atom. The summed E-state index contributed by atoms with van der Waals surface area (Å²) in [5.74, 6) is 0. The monoisotopic (exact) mass is 176 g/mol. The van der Waals surface area contributed by atoms with E-state index in [0.29, 0.717) is 6.42 Å². The molecule has 0 saturated heterocycles. The molecule has 0 unspecified atom stereocenters. The Bertz CT molecular complexity index is 151. The van der Waals surface area contributed by atoms with Crippen LogP contribution in [-0.4, -0.2) is 52.8 Å². The number of rotatable bonds is 1. The van der Waals surface area contributed by atoms with Crippen molar-refractivity contribution >= 4 is 0 Å². The van der Waals surface area contributed by atoms with Gasteiger partial charge in [-0.25, -0.2) is 0 Å². The van der Waals surface area contributed by atoms with Gasteiger partial charge in [0.15, 0.2) is 0 Å². The maximum absolute atomic E-state index is 9.40. The summed E-state index contributed by atoms with van der Waals surface area (Å²) >= 11 is 0. The van der Waals surface area contributed by atoms with Crippen LogP contribution in [0.1, 0.15) is 6.42 Å². The molecular weight excluding hydrogens is 160 g/mol. The molecule has 5 nitrogen and oxygen atoms in total. The fourth-order valence-electron chi connectivity index (χ4n) is 1.55. The number of hydrogen-bond acceptors (Lipinski definition) is 5. The molecule has 0 aromatic heterocycles. The largest absolute Gasteiger partial charge is 0.389 e. The zero-order valence-corrected chi connectivity index (χ0v) is 7.01. The van der Waals surface area contributed by atoms with Crippen LogP contribution >= 0.6 is 0 Å². The van der Waals surface area contributed by atoms with Crippen LogP contribution in [0.2, 0.25) is 0 Å². The van der Waals surface area contributed by atoms with E-state index in [1.165, 1.54) is 0 Å². The van der Waals surface area contributed by atoms with E-state index in [2.05, 4.69) is 5.32 Å². The molecule has 12 heavy (non-hydrogen) atoms. The first-order valence-corrected chi connectivity index (χ1v) is 4.05. The lowest BCUT2D eigenvalue weighted by atomic mass is 9.84. The van der Waals surface area contributed by atoms with E-state index in [0.717, 1.165) is 0 Å². The minimum Gasteiger partial charge on any atom is -0.389 e. The predicted molar refractivity (Wildman–Crippen MR) is 43.5 cm³/mol. The predicted octanol–water partition coefficient (Wildman–Crippen LogP) is -2.61. The molecule has 0 aromatic rings. The Labute approximate surface area is 71.2 Å². The zero-order chi connectivity index (χ0) is 9.30. The van der Waals surface area contributed by atoms with Crippen LogP contribution < -0.4 is 11.1 Å².